The molecule has 0 saturated heterocycles. The fourth-order valence-corrected chi connectivity index (χ4v) is 2.40. The Morgan fingerprint density at radius 3 is 2.58 bits per heavy atom. The van der Waals surface area contributed by atoms with Crippen LogP contribution in [0.4, 0.5) is 0 Å². The van der Waals surface area contributed by atoms with Crippen LogP contribution in [0, 0.1) is 12.8 Å². The zero-order chi connectivity index (χ0) is 14.3. The van der Waals surface area contributed by atoms with Crippen molar-refractivity contribution in [3.63, 3.8) is 0 Å². The van der Waals surface area contributed by atoms with Crippen molar-refractivity contribution in [2.24, 2.45) is 5.92 Å². The first-order valence-electron chi connectivity index (χ1n) is 7.11. The summed E-state index contributed by atoms with van der Waals surface area (Å²) in [4.78, 5) is 0. The lowest BCUT2D eigenvalue weighted by Crippen LogP contribution is -2.30. The molecule has 1 rings (SSSR count). The second kappa shape index (κ2) is 8.60. The summed E-state index contributed by atoms with van der Waals surface area (Å²) in [7, 11) is 0. The standard InChI is InChI=1S/C16H26BrNO/c1-12(2)5-6-14(4)18-9-10-19-16-8-7-15(17)11-13(16)3/h7-8,11-12,14,18H,5-6,9-10H2,1-4H3. The van der Waals surface area contributed by atoms with Gasteiger partial charge in [-0.25, -0.2) is 0 Å². The molecular formula is C16H26BrNO. The highest BCUT2D eigenvalue weighted by Gasteiger charge is 2.04. The predicted molar refractivity (Wildman–Crippen MR) is 85.9 cm³/mol. The first kappa shape index (κ1) is 16.5. The molecule has 1 aromatic carbocycles. The van der Waals surface area contributed by atoms with Gasteiger partial charge in [0.1, 0.15) is 12.4 Å². The molecular weight excluding hydrogens is 302 g/mol. The molecule has 19 heavy (non-hydrogen) atoms. The zero-order valence-corrected chi connectivity index (χ0v) is 14.1. The lowest BCUT2D eigenvalue weighted by Gasteiger charge is -2.16. The number of nitrogens with one attached hydrogen (secondary N) is 1. The second-order valence-corrected chi connectivity index (χ2v) is 6.50. The molecule has 0 radical (unpaired) electrons. The first-order valence-corrected chi connectivity index (χ1v) is 7.90. The third-order valence-electron chi connectivity index (χ3n) is 3.17. The Balaban J connectivity index is 2.20. The molecule has 0 saturated carbocycles. The zero-order valence-electron chi connectivity index (χ0n) is 12.5. The van der Waals surface area contributed by atoms with Gasteiger partial charge in [0, 0.05) is 17.1 Å². The van der Waals surface area contributed by atoms with Crippen molar-refractivity contribution in [1.82, 2.24) is 5.32 Å². The summed E-state index contributed by atoms with van der Waals surface area (Å²) in [6.07, 6.45) is 2.51. The van der Waals surface area contributed by atoms with E-state index in [0.29, 0.717) is 12.6 Å². The highest BCUT2D eigenvalue weighted by molar-refractivity contribution is 9.10. The van der Waals surface area contributed by atoms with Gasteiger partial charge in [0.05, 0.1) is 0 Å². The van der Waals surface area contributed by atoms with Crippen LogP contribution in [0.2, 0.25) is 0 Å². The largest absolute Gasteiger partial charge is 0.492 e. The Hall–Kier alpha value is -0.540. The number of hydrogen-bond donors (Lipinski definition) is 1. The summed E-state index contributed by atoms with van der Waals surface area (Å²) in [6.45, 7) is 10.5. The van der Waals surface area contributed by atoms with Gasteiger partial charge in [-0.2, -0.15) is 0 Å². The van der Waals surface area contributed by atoms with Crippen molar-refractivity contribution in [2.45, 2.75) is 46.6 Å². The topological polar surface area (TPSA) is 21.3 Å². The molecule has 0 aliphatic rings. The average Bonchev–Trinajstić information content (AvgIpc) is 2.34. The molecule has 0 aliphatic heterocycles. The molecule has 0 aliphatic carbocycles. The number of benzene rings is 1. The fraction of sp³-hybridized carbons (Fsp3) is 0.625. The third-order valence-corrected chi connectivity index (χ3v) is 3.66. The van der Waals surface area contributed by atoms with Crippen LogP contribution in [-0.4, -0.2) is 19.2 Å². The minimum Gasteiger partial charge on any atom is -0.492 e. The van der Waals surface area contributed by atoms with E-state index in [1.165, 1.54) is 18.4 Å². The molecule has 0 aromatic heterocycles. The number of rotatable bonds is 8. The first-order chi connectivity index (χ1) is 8.99. The lowest BCUT2D eigenvalue weighted by atomic mass is 10.0. The summed E-state index contributed by atoms with van der Waals surface area (Å²) < 4.78 is 6.88. The van der Waals surface area contributed by atoms with Crippen LogP contribution in [0.1, 0.15) is 39.2 Å². The van der Waals surface area contributed by atoms with Crippen LogP contribution < -0.4 is 10.1 Å². The third kappa shape index (κ3) is 6.98. The van der Waals surface area contributed by atoms with Gasteiger partial charge in [0.25, 0.3) is 0 Å². The van der Waals surface area contributed by atoms with E-state index in [1.807, 2.05) is 12.1 Å². The van der Waals surface area contributed by atoms with E-state index < -0.39 is 0 Å². The van der Waals surface area contributed by atoms with Crippen molar-refractivity contribution in [3.8, 4) is 5.75 Å². The van der Waals surface area contributed by atoms with Crippen LogP contribution in [0.15, 0.2) is 22.7 Å². The van der Waals surface area contributed by atoms with E-state index in [9.17, 15) is 0 Å². The summed E-state index contributed by atoms with van der Waals surface area (Å²) in [5, 5.41) is 3.50. The van der Waals surface area contributed by atoms with Crippen LogP contribution >= 0.6 is 15.9 Å². The smallest absolute Gasteiger partial charge is 0.122 e. The molecule has 108 valence electrons. The Labute approximate surface area is 126 Å². The summed E-state index contributed by atoms with van der Waals surface area (Å²) >= 11 is 3.46. The SMILES string of the molecule is Cc1cc(Br)ccc1OCCNC(C)CCC(C)C. The molecule has 1 N–H and O–H groups in total. The number of hydrogen-bond acceptors (Lipinski definition) is 2. The molecule has 3 heteroatoms. The van der Waals surface area contributed by atoms with E-state index in [4.69, 9.17) is 4.74 Å². The number of ether oxygens (including phenoxy) is 1. The minimum atomic E-state index is 0.567. The van der Waals surface area contributed by atoms with Gasteiger partial charge in [-0.3, -0.25) is 0 Å². The van der Waals surface area contributed by atoms with E-state index in [1.54, 1.807) is 0 Å². The summed E-state index contributed by atoms with van der Waals surface area (Å²) in [6, 6.07) is 6.67. The highest BCUT2D eigenvalue weighted by Crippen LogP contribution is 2.21. The van der Waals surface area contributed by atoms with Crippen LogP contribution in [0.3, 0.4) is 0 Å². The van der Waals surface area contributed by atoms with Crippen molar-refractivity contribution in [3.05, 3.63) is 28.2 Å². The van der Waals surface area contributed by atoms with Gasteiger partial charge in [-0.15, -0.1) is 0 Å². The number of aryl methyl sites for hydroxylation is 1. The van der Waals surface area contributed by atoms with Gasteiger partial charge in [-0.1, -0.05) is 29.8 Å². The monoisotopic (exact) mass is 327 g/mol. The van der Waals surface area contributed by atoms with Gasteiger partial charge < -0.3 is 10.1 Å². The second-order valence-electron chi connectivity index (χ2n) is 5.58. The van der Waals surface area contributed by atoms with Crippen molar-refractivity contribution < 1.29 is 4.74 Å². The maximum Gasteiger partial charge on any atom is 0.122 e. The maximum atomic E-state index is 5.78. The Kier molecular flexibility index (Phi) is 7.47. The van der Waals surface area contributed by atoms with Crippen molar-refractivity contribution in [1.29, 1.82) is 0 Å². The van der Waals surface area contributed by atoms with E-state index in [0.717, 1.165) is 22.7 Å². The van der Waals surface area contributed by atoms with Crippen LogP contribution in [0.25, 0.3) is 0 Å². The number of halogens is 1. The molecule has 0 spiro atoms. The molecule has 1 aromatic rings. The fourth-order valence-electron chi connectivity index (χ4n) is 1.93. The van der Waals surface area contributed by atoms with Gasteiger partial charge in [-0.05, 0) is 56.4 Å². The van der Waals surface area contributed by atoms with Crippen LogP contribution in [-0.2, 0) is 0 Å². The summed E-state index contributed by atoms with van der Waals surface area (Å²) in [5.74, 6) is 1.76. The molecule has 0 fully saturated rings. The van der Waals surface area contributed by atoms with Gasteiger partial charge in [0.2, 0.25) is 0 Å². The predicted octanol–water partition coefficient (Wildman–Crippen LogP) is 4.55. The summed E-state index contributed by atoms with van der Waals surface area (Å²) in [5.41, 5.74) is 1.17. The Morgan fingerprint density at radius 2 is 1.95 bits per heavy atom. The molecule has 0 amide bonds. The molecule has 1 unspecified atom stereocenters. The molecule has 0 heterocycles. The van der Waals surface area contributed by atoms with E-state index in [-0.39, 0.29) is 0 Å². The molecule has 1 atom stereocenters. The Morgan fingerprint density at radius 1 is 1.21 bits per heavy atom. The minimum absolute atomic E-state index is 0.567. The molecule has 2 nitrogen and oxygen atoms in total. The lowest BCUT2D eigenvalue weighted by molar-refractivity contribution is 0.301. The molecule has 0 bridgehead atoms. The van der Waals surface area contributed by atoms with Crippen molar-refractivity contribution in [2.75, 3.05) is 13.2 Å². The van der Waals surface area contributed by atoms with Crippen molar-refractivity contribution >= 4 is 15.9 Å². The van der Waals surface area contributed by atoms with Gasteiger partial charge in [0.15, 0.2) is 0 Å². The van der Waals surface area contributed by atoms with Crippen LogP contribution in [0.5, 0.6) is 5.75 Å². The normalized spacial score (nSPS) is 12.7. The van der Waals surface area contributed by atoms with E-state index in [2.05, 4.69) is 55.0 Å². The average molecular weight is 328 g/mol. The highest BCUT2D eigenvalue weighted by atomic mass is 79.9. The Bertz CT molecular complexity index is 379. The van der Waals surface area contributed by atoms with Gasteiger partial charge >= 0.3 is 0 Å². The quantitative estimate of drug-likeness (QED) is 0.707. The van der Waals surface area contributed by atoms with E-state index >= 15 is 0 Å². The maximum absolute atomic E-state index is 5.78.